The molecule has 2 heterocycles. The number of pyridine rings is 1. The fourth-order valence-corrected chi connectivity index (χ4v) is 2.73. The number of rotatable bonds is 4. The van der Waals surface area contributed by atoms with Gasteiger partial charge in [-0.05, 0) is 39.7 Å². The van der Waals surface area contributed by atoms with Crippen LogP contribution >= 0.6 is 27.5 Å². The van der Waals surface area contributed by atoms with Crippen LogP contribution in [0.3, 0.4) is 0 Å². The SMILES string of the molecule is O=C(Cc1c[nH]c2cc(Cl)ccc12)OCc1cccnc1Br. The fraction of sp³-hybridized carbons (Fsp3) is 0.125. The molecule has 0 saturated carbocycles. The Kier molecular flexibility index (Phi) is 4.45. The van der Waals surface area contributed by atoms with E-state index in [-0.39, 0.29) is 19.0 Å². The van der Waals surface area contributed by atoms with Gasteiger partial charge in [0.1, 0.15) is 11.2 Å². The zero-order valence-electron chi connectivity index (χ0n) is 11.5. The van der Waals surface area contributed by atoms with Gasteiger partial charge in [0.15, 0.2) is 0 Å². The number of hydrogen-bond acceptors (Lipinski definition) is 3. The van der Waals surface area contributed by atoms with Gasteiger partial charge in [-0.2, -0.15) is 0 Å². The number of H-pyrrole nitrogens is 1. The Morgan fingerprint density at radius 2 is 2.18 bits per heavy atom. The van der Waals surface area contributed by atoms with Crippen molar-refractivity contribution >= 4 is 44.4 Å². The third kappa shape index (κ3) is 3.31. The predicted molar refractivity (Wildman–Crippen MR) is 88.7 cm³/mol. The van der Waals surface area contributed by atoms with Crippen LogP contribution in [0.25, 0.3) is 10.9 Å². The molecule has 22 heavy (non-hydrogen) atoms. The molecule has 0 aliphatic heterocycles. The zero-order chi connectivity index (χ0) is 15.5. The van der Waals surface area contributed by atoms with Gasteiger partial charge in [0, 0.05) is 33.9 Å². The summed E-state index contributed by atoms with van der Waals surface area (Å²) in [6.07, 6.45) is 3.69. The second-order valence-electron chi connectivity index (χ2n) is 4.79. The van der Waals surface area contributed by atoms with Crippen molar-refractivity contribution in [1.29, 1.82) is 0 Å². The van der Waals surface area contributed by atoms with Crippen LogP contribution in [0.15, 0.2) is 47.3 Å². The summed E-state index contributed by atoms with van der Waals surface area (Å²) >= 11 is 9.27. The number of halogens is 2. The Hall–Kier alpha value is -1.85. The van der Waals surface area contributed by atoms with E-state index in [1.165, 1.54) is 0 Å². The lowest BCUT2D eigenvalue weighted by Crippen LogP contribution is -2.08. The van der Waals surface area contributed by atoms with Gasteiger partial charge in [0.25, 0.3) is 0 Å². The molecule has 0 atom stereocenters. The third-order valence-corrected chi connectivity index (χ3v) is 4.24. The van der Waals surface area contributed by atoms with Crippen LogP contribution in [0.4, 0.5) is 0 Å². The van der Waals surface area contributed by atoms with E-state index in [0.717, 1.165) is 22.0 Å². The molecule has 0 saturated heterocycles. The van der Waals surface area contributed by atoms with Crippen molar-refractivity contribution in [3.63, 3.8) is 0 Å². The van der Waals surface area contributed by atoms with Crippen molar-refractivity contribution < 1.29 is 9.53 Å². The summed E-state index contributed by atoms with van der Waals surface area (Å²) in [6, 6.07) is 9.20. The Morgan fingerprint density at radius 1 is 1.32 bits per heavy atom. The molecule has 3 aromatic rings. The van der Waals surface area contributed by atoms with Crippen LogP contribution in [0, 0.1) is 0 Å². The summed E-state index contributed by atoms with van der Waals surface area (Å²) < 4.78 is 5.99. The lowest BCUT2D eigenvalue weighted by atomic mass is 10.1. The molecule has 2 aromatic heterocycles. The maximum Gasteiger partial charge on any atom is 0.310 e. The standard InChI is InChI=1S/C16H12BrClN2O2/c17-16-10(2-1-5-19-16)9-22-15(21)6-11-8-20-14-7-12(18)3-4-13(11)14/h1-5,7-8,20H,6,9H2. The van der Waals surface area contributed by atoms with E-state index in [9.17, 15) is 4.79 Å². The minimum Gasteiger partial charge on any atom is -0.460 e. The van der Waals surface area contributed by atoms with Gasteiger partial charge in [-0.25, -0.2) is 4.98 Å². The summed E-state index contributed by atoms with van der Waals surface area (Å²) in [5.41, 5.74) is 2.63. The number of carbonyl (C=O) groups is 1. The number of esters is 1. The van der Waals surface area contributed by atoms with Gasteiger partial charge in [-0.1, -0.05) is 23.7 Å². The van der Waals surface area contributed by atoms with Gasteiger partial charge in [0.2, 0.25) is 0 Å². The number of ether oxygens (including phenoxy) is 1. The maximum absolute atomic E-state index is 12.0. The van der Waals surface area contributed by atoms with E-state index in [2.05, 4.69) is 25.9 Å². The molecule has 0 amide bonds. The first-order valence-corrected chi connectivity index (χ1v) is 7.81. The van der Waals surface area contributed by atoms with Crippen LogP contribution < -0.4 is 0 Å². The monoisotopic (exact) mass is 378 g/mol. The van der Waals surface area contributed by atoms with Crippen molar-refractivity contribution in [3.8, 4) is 0 Å². The molecule has 0 bridgehead atoms. The highest BCUT2D eigenvalue weighted by molar-refractivity contribution is 9.10. The van der Waals surface area contributed by atoms with Gasteiger partial charge in [-0.3, -0.25) is 4.79 Å². The minimum atomic E-state index is -0.286. The van der Waals surface area contributed by atoms with E-state index >= 15 is 0 Å². The van der Waals surface area contributed by atoms with Gasteiger partial charge in [-0.15, -0.1) is 0 Å². The lowest BCUT2D eigenvalue weighted by molar-refractivity contribution is -0.144. The van der Waals surface area contributed by atoms with E-state index in [1.807, 2.05) is 24.4 Å². The molecule has 6 heteroatoms. The van der Waals surface area contributed by atoms with Crippen LogP contribution in [0.1, 0.15) is 11.1 Å². The van der Waals surface area contributed by atoms with Crippen molar-refractivity contribution in [2.75, 3.05) is 0 Å². The summed E-state index contributed by atoms with van der Waals surface area (Å²) in [5, 5.41) is 1.63. The second kappa shape index (κ2) is 6.50. The van der Waals surface area contributed by atoms with Crippen LogP contribution in [0.2, 0.25) is 5.02 Å². The number of aromatic nitrogens is 2. The molecular weight excluding hydrogens is 368 g/mol. The van der Waals surface area contributed by atoms with Crippen LogP contribution in [-0.2, 0) is 22.6 Å². The molecule has 0 spiro atoms. The highest BCUT2D eigenvalue weighted by Gasteiger charge is 2.11. The quantitative estimate of drug-likeness (QED) is 0.544. The highest BCUT2D eigenvalue weighted by Crippen LogP contribution is 2.23. The van der Waals surface area contributed by atoms with Gasteiger partial charge >= 0.3 is 5.97 Å². The van der Waals surface area contributed by atoms with Gasteiger partial charge in [0.05, 0.1) is 6.42 Å². The number of hydrogen-bond donors (Lipinski definition) is 1. The average Bonchev–Trinajstić information content (AvgIpc) is 2.88. The molecule has 1 N–H and O–H groups in total. The van der Waals surface area contributed by atoms with E-state index < -0.39 is 0 Å². The summed E-state index contributed by atoms with van der Waals surface area (Å²) in [4.78, 5) is 19.2. The topological polar surface area (TPSA) is 55.0 Å². The lowest BCUT2D eigenvalue weighted by Gasteiger charge is -2.05. The maximum atomic E-state index is 12.0. The normalized spacial score (nSPS) is 10.8. The Morgan fingerprint density at radius 3 is 3.00 bits per heavy atom. The summed E-state index contributed by atoms with van der Waals surface area (Å²) in [5.74, 6) is -0.286. The van der Waals surface area contributed by atoms with Gasteiger partial charge < -0.3 is 9.72 Å². The smallest absolute Gasteiger partial charge is 0.310 e. The number of nitrogens with zero attached hydrogens (tertiary/aromatic N) is 1. The van der Waals surface area contributed by atoms with Crippen LogP contribution in [0.5, 0.6) is 0 Å². The molecule has 0 radical (unpaired) electrons. The summed E-state index contributed by atoms with van der Waals surface area (Å²) in [6.45, 7) is 0.196. The third-order valence-electron chi connectivity index (χ3n) is 3.29. The van der Waals surface area contributed by atoms with Crippen molar-refractivity contribution in [2.45, 2.75) is 13.0 Å². The molecule has 0 unspecified atom stereocenters. The molecular formula is C16H12BrClN2O2. The number of nitrogens with one attached hydrogen (secondary N) is 1. The van der Waals surface area contributed by atoms with Crippen molar-refractivity contribution in [1.82, 2.24) is 9.97 Å². The summed E-state index contributed by atoms with van der Waals surface area (Å²) in [7, 11) is 0. The average molecular weight is 380 g/mol. The molecule has 0 fully saturated rings. The second-order valence-corrected chi connectivity index (χ2v) is 5.98. The largest absolute Gasteiger partial charge is 0.460 e. The molecule has 0 aliphatic carbocycles. The van der Waals surface area contributed by atoms with Crippen molar-refractivity contribution in [3.05, 3.63) is 63.5 Å². The minimum absolute atomic E-state index is 0.196. The molecule has 1 aromatic carbocycles. The Labute approximate surface area is 140 Å². The fourth-order valence-electron chi connectivity index (χ4n) is 2.20. The zero-order valence-corrected chi connectivity index (χ0v) is 13.8. The molecule has 112 valence electrons. The predicted octanol–water partition coefficient (Wildman–Crippen LogP) is 4.26. The molecule has 0 aliphatic rings. The molecule has 3 rings (SSSR count). The first-order valence-electron chi connectivity index (χ1n) is 6.64. The van der Waals surface area contributed by atoms with Crippen LogP contribution in [-0.4, -0.2) is 15.9 Å². The first-order chi connectivity index (χ1) is 10.6. The molecule has 4 nitrogen and oxygen atoms in total. The van der Waals surface area contributed by atoms with E-state index in [1.54, 1.807) is 18.3 Å². The van der Waals surface area contributed by atoms with E-state index in [0.29, 0.717) is 9.63 Å². The first kappa shape index (κ1) is 15.1. The number of carbonyl (C=O) groups excluding carboxylic acids is 1. The van der Waals surface area contributed by atoms with E-state index in [4.69, 9.17) is 16.3 Å². The Bertz CT molecular complexity index is 832. The number of benzene rings is 1. The number of fused-ring (bicyclic) bond motifs is 1. The number of aromatic amines is 1. The van der Waals surface area contributed by atoms with Crippen molar-refractivity contribution in [2.24, 2.45) is 0 Å². The Balaban J connectivity index is 1.67. The highest BCUT2D eigenvalue weighted by atomic mass is 79.9.